The second-order valence-electron chi connectivity index (χ2n) is 4.77. The third-order valence-corrected chi connectivity index (χ3v) is 3.11. The summed E-state index contributed by atoms with van der Waals surface area (Å²) in [5.74, 6) is 0. The van der Waals surface area contributed by atoms with E-state index in [1.807, 2.05) is 0 Å². The lowest BCUT2D eigenvalue weighted by molar-refractivity contribution is 0.129. The summed E-state index contributed by atoms with van der Waals surface area (Å²) < 4.78 is 5.87. The first kappa shape index (κ1) is 17.6. The zero-order chi connectivity index (χ0) is 13.6. The van der Waals surface area contributed by atoms with Crippen molar-refractivity contribution in [2.24, 2.45) is 0 Å². The van der Waals surface area contributed by atoms with E-state index < -0.39 is 6.09 Å². The molecule has 0 aromatic heterocycles. The van der Waals surface area contributed by atoms with Crippen LogP contribution in [0.3, 0.4) is 0 Å². The second-order valence-corrected chi connectivity index (χ2v) is 5.28. The van der Waals surface area contributed by atoms with Crippen molar-refractivity contribution < 1.29 is 9.53 Å². The highest BCUT2D eigenvalue weighted by Gasteiger charge is 2.05. The first-order chi connectivity index (χ1) is 8.68. The molecule has 0 aliphatic rings. The summed E-state index contributed by atoms with van der Waals surface area (Å²) in [5.41, 5.74) is 0. The molecule has 0 rings (SSSR count). The Morgan fingerprint density at radius 1 is 0.944 bits per heavy atom. The normalized spacial score (nSPS) is 10.4. The molecule has 18 heavy (non-hydrogen) atoms. The van der Waals surface area contributed by atoms with E-state index in [-0.39, 0.29) is 0 Å². The highest BCUT2D eigenvalue weighted by atomic mass is 35.5. The minimum atomic E-state index is -0.465. The van der Waals surface area contributed by atoms with E-state index in [0.29, 0.717) is 6.61 Å². The lowest BCUT2D eigenvalue weighted by Gasteiger charge is -2.08. The lowest BCUT2D eigenvalue weighted by atomic mass is 10.1. The molecular weight excluding hydrogens is 250 g/mol. The fraction of sp³-hybridized carbons (Fsp3) is 0.929. The van der Waals surface area contributed by atoms with Gasteiger partial charge in [0, 0.05) is 18.8 Å². The first-order valence-electron chi connectivity index (χ1n) is 7.24. The number of carbonyl (C=O) groups is 1. The van der Waals surface area contributed by atoms with E-state index in [9.17, 15) is 4.79 Å². The first-order valence-corrected chi connectivity index (χ1v) is 7.58. The maximum Gasteiger partial charge on any atom is 0.424 e. The minimum Gasteiger partial charge on any atom is -0.449 e. The van der Waals surface area contributed by atoms with Crippen molar-refractivity contribution >= 4 is 17.9 Å². The maximum atomic E-state index is 11.0. The number of hydrogen-bond donors (Lipinski definition) is 0. The smallest absolute Gasteiger partial charge is 0.424 e. The molecule has 0 saturated carbocycles. The molecule has 0 heterocycles. The van der Waals surface area contributed by atoms with Crippen LogP contribution in [0.2, 0.25) is 0 Å². The van der Waals surface area contributed by atoms with Crippen molar-refractivity contribution in [3.63, 3.8) is 0 Å². The molecule has 0 radical (unpaired) electrons. The average Bonchev–Trinajstić information content (AvgIpc) is 2.35. The molecule has 108 valence electrons. The average molecular weight is 278 g/mol. The Morgan fingerprint density at radius 3 is 1.83 bits per heavy atom. The Bertz CT molecular complexity index is 198. The Balaban J connectivity index is 3.05. The highest BCUT2D eigenvalue weighted by molar-refractivity contribution is 6.19. The Kier molecular flexibility index (Phi) is 12.7. The number of halogens is 1. The van der Waals surface area contributed by atoms with Crippen molar-refractivity contribution in [3.05, 3.63) is 0 Å². The van der Waals surface area contributed by atoms with Gasteiger partial charge in [0.05, 0.1) is 6.61 Å². The molecule has 0 fully saturated rings. The van der Waals surface area contributed by atoms with Crippen LogP contribution >= 0.6 is 11.8 Å². The molecule has 0 aliphatic heterocycles. The maximum absolute atomic E-state index is 11.0. The largest absolute Gasteiger partial charge is 0.449 e. The molecular formula is C14H28ClNO2. The number of rotatable bonds is 11. The molecule has 0 saturated heterocycles. The monoisotopic (exact) mass is 277 g/mol. The van der Waals surface area contributed by atoms with Gasteiger partial charge in [-0.15, -0.1) is 0 Å². The molecule has 0 N–H and O–H groups in total. The van der Waals surface area contributed by atoms with Gasteiger partial charge in [-0.1, -0.05) is 64.7 Å². The topological polar surface area (TPSA) is 29.5 Å². The highest BCUT2D eigenvalue weighted by Crippen LogP contribution is 2.10. The summed E-state index contributed by atoms with van der Waals surface area (Å²) in [4.78, 5) is 11.0. The van der Waals surface area contributed by atoms with Crippen LogP contribution in [-0.4, -0.2) is 24.2 Å². The molecule has 0 aromatic rings. The van der Waals surface area contributed by atoms with Gasteiger partial charge in [0.2, 0.25) is 0 Å². The van der Waals surface area contributed by atoms with Gasteiger partial charge in [-0.25, -0.2) is 9.21 Å². The van der Waals surface area contributed by atoms with Crippen LogP contribution < -0.4 is 0 Å². The van der Waals surface area contributed by atoms with Crippen molar-refractivity contribution in [2.45, 2.75) is 71.1 Å². The number of carbonyl (C=O) groups excluding carboxylic acids is 1. The van der Waals surface area contributed by atoms with Gasteiger partial charge in [0.1, 0.15) is 0 Å². The van der Waals surface area contributed by atoms with Crippen LogP contribution in [0.15, 0.2) is 0 Å². The van der Waals surface area contributed by atoms with Crippen molar-refractivity contribution in [1.29, 1.82) is 0 Å². The SMILES string of the molecule is CCCCCCCCCCCCOC(=O)N(C)Cl. The zero-order valence-electron chi connectivity index (χ0n) is 11.9. The van der Waals surface area contributed by atoms with Crippen LogP contribution in [-0.2, 0) is 4.74 Å². The summed E-state index contributed by atoms with van der Waals surface area (Å²) in [7, 11) is 1.47. The summed E-state index contributed by atoms with van der Waals surface area (Å²) in [5, 5.41) is 0. The molecule has 3 nitrogen and oxygen atoms in total. The summed E-state index contributed by atoms with van der Waals surface area (Å²) in [6.45, 7) is 2.72. The van der Waals surface area contributed by atoms with Gasteiger partial charge < -0.3 is 4.74 Å². The molecule has 0 unspecified atom stereocenters. The van der Waals surface area contributed by atoms with Gasteiger partial charge >= 0.3 is 6.09 Å². The standard InChI is InChI=1S/C14H28ClNO2/c1-3-4-5-6-7-8-9-10-11-12-13-18-14(17)16(2)15/h3-13H2,1-2H3. The number of nitrogens with zero attached hydrogens (tertiary/aromatic N) is 1. The third-order valence-electron chi connectivity index (χ3n) is 2.98. The Hall–Kier alpha value is -0.440. The van der Waals surface area contributed by atoms with Crippen molar-refractivity contribution in [2.75, 3.05) is 13.7 Å². The van der Waals surface area contributed by atoms with Gasteiger partial charge in [0.15, 0.2) is 0 Å². The zero-order valence-corrected chi connectivity index (χ0v) is 12.7. The Morgan fingerprint density at radius 2 is 1.39 bits per heavy atom. The van der Waals surface area contributed by atoms with Crippen molar-refractivity contribution in [3.8, 4) is 0 Å². The summed E-state index contributed by atoms with van der Waals surface area (Å²) >= 11 is 5.42. The van der Waals surface area contributed by atoms with E-state index in [2.05, 4.69) is 6.92 Å². The van der Waals surface area contributed by atoms with Crippen molar-refractivity contribution in [1.82, 2.24) is 4.42 Å². The van der Waals surface area contributed by atoms with E-state index in [0.717, 1.165) is 17.3 Å². The Labute approximate surface area is 117 Å². The predicted molar refractivity (Wildman–Crippen MR) is 76.8 cm³/mol. The summed E-state index contributed by atoms with van der Waals surface area (Å²) in [6, 6.07) is 0. The van der Waals surface area contributed by atoms with Crippen LogP contribution in [0.1, 0.15) is 71.1 Å². The molecule has 0 aromatic carbocycles. The number of hydrogen-bond acceptors (Lipinski definition) is 2. The van der Waals surface area contributed by atoms with Gasteiger partial charge in [-0.05, 0) is 6.42 Å². The minimum absolute atomic E-state index is 0.465. The predicted octanol–water partition coefficient (Wildman–Crippen LogP) is 5.13. The van der Waals surface area contributed by atoms with E-state index in [1.165, 1.54) is 58.4 Å². The molecule has 0 aliphatic carbocycles. The third kappa shape index (κ3) is 12.0. The van der Waals surface area contributed by atoms with Crippen LogP contribution in [0, 0.1) is 0 Å². The molecule has 0 bridgehead atoms. The molecule has 4 heteroatoms. The second kappa shape index (κ2) is 13.0. The van der Waals surface area contributed by atoms with Crippen LogP contribution in [0.25, 0.3) is 0 Å². The molecule has 0 atom stereocenters. The lowest BCUT2D eigenvalue weighted by Crippen LogP contribution is -2.18. The molecule has 0 spiro atoms. The molecule has 1 amide bonds. The van der Waals surface area contributed by atoms with Crippen LogP contribution in [0.4, 0.5) is 4.79 Å². The fourth-order valence-electron chi connectivity index (χ4n) is 1.84. The van der Waals surface area contributed by atoms with Gasteiger partial charge in [-0.3, -0.25) is 0 Å². The van der Waals surface area contributed by atoms with E-state index >= 15 is 0 Å². The van der Waals surface area contributed by atoms with Gasteiger partial charge in [-0.2, -0.15) is 0 Å². The summed E-state index contributed by atoms with van der Waals surface area (Å²) in [6.07, 6.45) is 12.3. The van der Waals surface area contributed by atoms with E-state index in [1.54, 1.807) is 0 Å². The fourth-order valence-corrected chi connectivity index (χ4v) is 1.89. The number of amides is 1. The van der Waals surface area contributed by atoms with Crippen LogP contribution in [0.5, 0.6) is 0 Å². The number of ether oxygens (including phenoxy) is 1. The quantitative estimate of drug-likeness (QED) is 0.387. The number of unbranched alkanes of at least 4 members (excludes halogenated alkanes) is 9. The van der Waals surface area contributed by atoms with E-state index in [4.69, 9.17) is 16.5 Å². The van der Waals surface area contributed by atoms with Gasteiger partial charge in [0.25, 0.3) is 0 Å².